The van der Waals surface area contributed by atoms with Crippen molar-refractivity contribution in [2.45, 2.75) is 26.7 Å². The third kappa shape index (κ3) is 4.11. The predicted octanol–water partition coefficient (Wildman–Crippen LogP) is 2.25. The molecule has 0 bridgehead atoms. The first-order valence-corrected chi connectivity index (χ1v) is 5.42. The molecule has 3 heteroatoms. The van der Waals surface area contributed by atoms with Crippen LogP contribution in [0.2, 0.25) is 0 Å². The lowest BCUT2D eigenvalue weighted by molar-refractivity contribution is 0.0947. The molecule has 0 fully saturated rings. The SMILES string of the molecule is CCCC(C)CNC(=O)c1cccnc1. The van der Waals surface area contributed by atoms with Gasteiger partial charge in [0.25, 0.3) is 5.91 Å². The number of rotatable bonds is 5. The highest BCUT2D eigenvalue weighted by Gasteiger charge is 2.06. The van der Waals surface area contributed by atoms with Crippen molar-refractivity contribution in [1.82, 2.24) is 10.3 Å². The zero-order valence-electron chi connectivity index (χ0n) is 9.36. The molecular weight excluding hydrogens is 188 g/mol. The molecule has 3 nitrogen and oxygen atoms in total. The van der Waals surface area contributed by atoms with Gasteiger partial charge in [0.15, 0.2) is 0 Å². The van der Waals surface area contributed by atoms with E-state index in [9.17, 15) is 4.79 Å². The van der Waals surface area contributed by atoms with Crippen LogP contribution in [0.1, 0.15) is 37.0 Å². The molecule has 1 aromatic heterocycles. The molecule has 1 heterocycles. The Hall–Kier alpha value is -1.38. The van der Waals surface area contributed by atoms with Crippen LogP contribution < -0.4 is 5.32 Å². The molecule has 0 radical (unpaired) electrons. The summed E-state index contributed by atoms with van der Waals surface area (Å²) in [6, 6.07) is 3.54. The standard InChI is InChI=1S/C12H18N2O/c1-3-5-10(2)8-14-12(15)11-6-4-7-13-9-11/h4,6-7,9-10H,3,5,8H2,1-2H3,(H,14,15). The number of hydrogen-bond acceptors (Lipinski definition) is 2. The highest BCUT2D eigenvalue weighted by Crippen LogP contribution is 2.03. The van der Waals surface area contributed by atoms with Crippen molar-refractivity contribution in [2.75, 3.05) is 6.54 Å². The summed E-state index contributed by atoms with van der Waals surface area (Å²) in [5, 5.41) is 2.90. The van der Waals surface area contributed by atoms with E-state index < -0.39 is 0 Å². The number of aromatic nitrogens is 1. The van der Waals surface area contributed by atoms with E-state index >= 15 is 0 Å². The maximum atomic E-state index is 11.6. The largest absolute Gasteiger partial charge is 0.352 e. The summed E-state index contributed by atoms with van der Waals surface area (Å²) in [4.78, 5) is 15.5. The Bertz CT molecular complexity index is 298. The Morgan fingerprint density at radius 1 is 1.60 bits per heavy atom. The Labute approximate surface area is 90.9 Å². The van der Waals surface area contributed by atoms with Crippen LogP contribution in [0.25, 0.3) is 0 Å². The van der Waals surface area contributed by atoms with Gasteiger partial charge in [0.2, 0.25) is 0 Å². The lowest BCUT2D eigenvalue weighted by Gasteiger charge is -2.10. The van der Waals surface area contributed by atoms with Crippen LogP contribution in [0.3, 0.4) is 0 Å². The first-order valence-electron chi connectivity index (χ1n) is 5.42. The number of nitrogens with zero attached hydrogens (tertiary/aromatic N) is 1. The third-order valence-electron chi connectivity index (χ3n) is 2.32. The molecule has 0 aliphatic carbocycles. The van der Waals surface area contributed by atoms with Gasteiger partial charge in [0.05, 0.1) is 5.56 Å². The molecule has 82 valence electrons. The molecule has 0 aromatic carbocycles. The van der Waals surface area contributed by atoms with Crippen molar-refractivity contribution in [3.05, 3.63) is 30.1 Å². The first kappa shape index (κ1) is 11.7. The summed E-state index contributed by atoms with van der Waals surface area (Å²) < 4.78 is 0. The van der Waals surface area contributed by atoms with Gasteiger partial charge in [-0.25, -0.2) is 0 Å². The molecule has 0 spiro atoms. The second-order valence-corrected chi connectivity index (χ2v) is 3.85. The Kier molecular flexibility index (Phi) is 4.81. The first-order chi connectivity index (χ1) is 7.24. The summed E-state index contributed by atoms with van der Waals surface area (Å²) in [6.07, 6.45) is 5.55. The Balaban J connectivity index is 2.37. The Morgan fingerprint density at radius 3 is 3.00 bits per heavy atom. The minimum atomic E-state index is -0.0361. The van der Waals surface area contributed by atoms with Crippen LogP contribution in [0.15, 0.2) is 24.5 Å². The van der Waals surface area contributed by atoms with Crippen LogP contribution in [0.5, 0.6) is 0 Å². The van der Waals surface area contributed by atoms with Gasteiger partial charge in [-0.3, -0.25) is 9.78 Å². The second kappa shape index (κ2) is 6.17. The fraction of sp³-hybridized carbons (Fsp3) is 0.500. The van der Waals surface area contributed by atoms with Gasteiger partial charge < -0.3 is 5.32 Å². The number of hydrogen-bond donors (Lipinski definition) is 1. The van der Waals surface area contributed by atoms with Crippen molar-refractivity contribution in [2.24, 2.45) is 5.92 Å². The van der Waals surface area contributed by atoms with Crippen molar-refractivity contribution >= 4 is 5.91 Å². The fourth-order valence-corrected chi connectivity index (χ4v) is 1.46. The van der Waals surface area contributed by atoms with Crippen LogP contribution in [-0.2, 0) is 0 Å². The lowest BCUT2D eigenvalue weighted by atomic mass is 10.1. The highest BCUT2D eigenvalue weighted by atomic mass is 16.1. The van der Waals surface area contributed by atoms with Crippen LogP contribution >= 0.6 is 0 Å². The van der Waals surface area contributed by atoms with E-state index in [0.717, 1.165) is 19.4 Å². The molecule has 0 saturated heterocycles. The molecular formula is C12H18N2O. The minimum absolute atomic E-state index is 0.0361. The van der Waals surface area contributed by atoms with E-state index in [0.29, 0.717) is 11.5 Å². The summed E-state index contributed by atoms with van der Waals surface area (Å²) >= 11 is 0. The number of nitrogens with one attached hydrogen (secondary N) is 1. The molecule has 1 amide bonds. The van der Waals surface area contributed by atoms with Gasteiger partial charge in [-0.1, -0.05) is 20.3 Å². The van der Waals surface area contributed by atoms with Gasteiger partial charge in [0, 0.05) is 18.9 Å². The van der Waals surface area contributed by atoms with E-state index in [4.69, 9.17) is 0 Å². The van der Waals surface area contributed by atoms with Crippen LogP contribution in [0, 0.1) is 5.92 Å². The van der Waals surface area contributed by atoms with Crippen LogP contribution in [0.4, 0.5) is 0 Å². The van der Waals surface area contributed by atoms with Crippen molar-refractivity contribution in [3.8, 4) is 0 Å². The Morgan fingerprint density at radius 2 is 2.40 bits per heavy atom. The van der Waals surface area contributed by atoms with Gasteiger partial charge in [-0.15, -0.1) is 0 Å². The zero-order valence-corrected chi connectivity index (χ0v) is 9.36. The summed E-state index contributed by atoms with van der Waals surface area (Å²) in [6.45, 7) is 5.04. The lowest BCUT2D eigenvalue weighted by Crippen LogP contribution is -2.28. The maximum absolute atomic E-state index is 11.6. The maximum Gasteiger partial charge on any atom is 0.252 e. The van der Waals surface area contributed by atoms with E-state index in [1.54, 1.807) is 24.5 Å². The molecule has 1 atom stereocenters. The molecule has 1 aromatic rings. The monoisotopic (exact) mass is 206 g/mol. The van der Waals surface area contributed by atoms with E-state index in [1.165, 1.54) is 0 Å². The zero-order chi connectivity index (χ0) is 11.1. The molecule has 0 aliphatic heterocycles. The minimum Gasteiger partial charge on any atom is -0.352 e. The van der Waals surface area contributed by atoms with E-state index in [-0.39, 0.29) is 5.91 Å². The number of amides is 1. The van der Waals surface area contributed by atoms with Crippen molar-refractivity contribution in [1.29, 1.82) is 0 Å². The van der Waals surface area contributed by atoms with Crippen molar-refractivity contribution < 1.29 is 4.79 Å². The smallest absolute Gasteiger partial charge is 0.252 e. The molecule has 0 aliphatic rings. The second-order valence-electron chi connectivity index (χ2n) is 3.85. The predicted molar refractivity (Wildman–Crippen MR) is 60.6 cm³/mol. The van der Waals surface area contributed by atoms with Gasteiger partial charge in [-0.2, -0.15) is 0 Å². The average molecular weight is 206 g/mol. The van der Waals surface area contributed by atoms with Gasteiger partial charge in [-0.05, 0) is 24.5 Å². The molecule has 1 rings (SSSR count). The normalized spacial score (nSPS) is 12.1. The van der Waals surface area contributed by atoms with E-state index in [2.05, 4.69) is 24.1 Å². The topological polar surface area (TPSA) is 42.0 Å². The van der Waals surface area contributed by atoms with Crippen LogP contribution in [-0.4, -0.2) is 17.4 Å². The van der Waals surface area contributed by atoms with Crippen molar-refractivity contribution in [3.63, 3.8) is 0 Å². The fourth-order valence-electron chi connectivity index (χ4n) is 1.46. The number of carbonyl (C=O) groups is 1. The summed E-state index contributed by atoms with van der Waals surface area (Å²) in [7, 11) is 0. The molecule has 0 saturated carbocycles. The third-order valence-corrected chi connectivity index (χ3v) is 2.32. The summed E-state index contributed by atoms with van der Waals surface area (Å²) in [5.74, 6) is 0.502. The molecule has 15 heavy (non-hydrogen) atoms. The quantitative estimate of drug-likeness (QED) is 0.802. The average Bonchev–Trinajstić information content (AvgIpc) is 2.27. The molecule has 1 N–H and O–H groups in total. The highest BCUT2D eigenvalue weighted by molar-refractivity contribution is 5.93. The van der Waals surface area contributed by atoms with Gasteiger partial charge >= 0.3 is 0 Å². The van der Waals surface area contributed by atoms with Gasteiger partial charge in [0.1, 0.15) is 0 Å². The number of carbonyl (C=O) groups excluding carboxylic acids is 1. The summed E-state index contributed by atoms with van der Waals surface area (Å²) in [5.41, 5.74) is 0.626. The molecule has 1 unspecified atom stereocenters. The number of pyridine rings is 1. The van der Waals surface area contributed by atoms with E-state index in [1.807, 2.05) is 0 Å².